The van der Waals surface area contributed by atoms with Gasteiger partial charge in [-0.25, -0.2) is 0 Å². The van der Waals surface area contributed by atoms with Crippen molar-refractivity contribution >= 4 is 48.8 Å². The molecule has 0 N–H and O–H groups in total. The van der Waals surface area contributed by atoms with Crippen molar-refractivity contribution in [2.45, 2.75) is 14.9 Å². The fraction of sp³-hybridized carbons (Fsp3) is 1.00. The van der Waals surface area contributed by atoms with Gasteiger partial charge in [-0.05, 0) is 12.2 Å². The van der Waals surface area contributed by atoms with Crippen molar-refractivity contribution in [2.75, 3.05) is 5.75 Å². The van der Waals surface area contributed by atoms with Gasteiger partial charge in [0.1, 0.15) is 0 Å². The molecule has 1 heterocycles. The quantitative estimate of drug-likeness (QED) is 0.555. The lowest BCUT2D eigenvalue weighted by molar-refractivity contribution is 1.07. The van der Waals surface area contributed by atoms with Crippen molar-refractivity contribution in [3.05, 3.63) is 0 Å². The Bertz CT molecular complexity index is 66.4. The van der Waals surface area contributed by atoms with Crippen LogP contribution in [0.25, 0.3) is 0 Å². The van der Waals surface area contributed by atoms with E-state index in [-0.39, 0.29) is 0 Å². The Morgan fingerprint density at radius 1 is 1.38 bits per heavy atom. The maximum atomic E-state index is 4.32. The molecule has 0 nitrogen and oxygen atoms in total. The Balaban J connectivity index is 2.23. The molecule has 1 rings (SSSR count). The summed E-state index contributed by atoms with van der Waals surface area (Å²) in [6.07, 6.45) is 1.22. The van der Waals surface area contributed by atoms with Crippen LogP contribution in [0.4, 0.5) is 0 Å². The van der Waals surface area contributed by atoms with Crippen molar-refractivity contribution in [1.29, 1.82) is 0 Å². The molecule has 0 radical (unpaired) electrons. The minimum atomic E-state index is 0.464. The molecule has 1 fully saturated rings. The first kappa shape index (κ1) is 7.51. The van der Waals surface area contributed by atoms with Gasteiger partial charge in [0.2, 0.25) is 0 Å². The zero-order valence-corrected chi connectivity index (χ0v) is 7.70. The summed E-state index contributed by atoms with van der Waals surface area (Å²) in [5.41, 5.74) is 0. The zero-order valence-electron chi connectivity index (χ0n) is 4.28. The fourth-order valence-electron chi connectivity index (χ4n) is 0.511. The van der Waals surface area contributed by atoms with Crippen LogP contribution in [-0.2, 0) is 0 Å². The van der Waals surface area contributed by atoms with Gasteiger partial charge in [-0.1, -0.05) is 0 Å². The van der Waals surface area contributed by atoms with Gasteiger partial charge < -0.3 is 0 Å². The summed E-state index contributed by atoms with van der Waals surface area (Å²) < 4.78 is 0.991. The summed E-state index contributed by atoms with van der Waals surface area (Å²) in [7, 11) is 0. The number of rotatable bonds is 0. The molecule has 1 aliphatic heterocycles. The Hall–Kier alpha value is 1.40. The van der Waals surface area contributed by atoms with E-state index in [4.69, 9.17) is 0 Å². The third-order valence-corrected chi connectivity index (χ3v) is 4.62. The molecule has 8 heavy (non-hydrogen) atoms. The summed E-state index contributed by atoms with van der Waals surface area (Å²) in [6.45, 7) is 0. The molecule has 0 saturated carbocycles. The molecule has 2 unspecified atom stereocenters. The molecule has 0 aromatic heterocycles. The maximum absolute atomic E-state index is 4.32. The van der Waals surface area contributed by atoms with Crippen LogP contribution in [0.3, 0.4) is 0 Å². The van der Waals surface area contributed by atoms with E-state index in [0.29, 0.717) is 8.50 Å². The molecule has 0 aromatic rings. The van der Waals surface area contributed by atoms with Crippen molar-refractivity contribution in [2.24, 2.45) is 0 Å². The van der Waals surface area contributed by atoms with Crippen molar-refractivity contribution < 1.29 is 0 Å². The lowest BCUT2D eigenvalue weighted by Crippen LogP contribution is -2.06. The molecule has 0 aliphatic carbocycles. The number of thioether (sulfide) groups is 2. The third kappa shape index (κ3) is 2.33. The lowest BCUT2D eigenvalue weighted by atomic mass is 10.6. The average Bonchev–Trinajstić information content (AvgIpc) is 1.64. The maximum Gasteiger partial charge on any atom is 0.0938 e. The van der Waals surface area contributed by atoms with Crippen molar-refractivity contribution in [3.8, 4) is 0 Å². The van der Waals surface area contributed by atoms with E-state index in [2.05, 4.69) is 25.3 Å². The van der Waals surface area contributed by atoms with Crippen molar-refractivity contribution in [3.63, 3.8) is 0 Å². The standard InChI is InChI=1S/C4H8S4/c5-3-1-2-7-4(6)8-3/h3-6H,1-2H2. The average molecular weight is 184 g/mol. The Morgan fingerprint density at radius 3 is 2.50 bits per heavy atom. The van der Waals surface area contributed by atoms with Crippen LogP contribution >= 0.6 is 48.8 Å². The highest BCUT2D eigenvalue weighted by Crippen LogP contribution is 2.39. The summed E-state index contributed by atoms with van der Waals surface area (Å²) in [5.74, 6) is 1.22. The first-order chi connectivity index (χ1) is 3.79. The SMILES string of the molecule is SC1CCSC(S)S1. The molecule has 2 atom stereocenters. The minimum Gasteiger partial charge on any atom is -0.165 e. The van der Waals surface area contributed by atoms with Crippen LogP contribution in [0.1, 0.15) is 6.42 Å². The number of hydrogen-bond acceptors (Lipinski definition) is 4. The second-order valence-corrected chi connectivity index (χ2v) is 6.57. The van der Waals surface area contributed by atoms with Gasteiger partial charge in [0.25, 0.3) is 0 Å². The van der Waals surface area contributed by atoms with Crippen LogP contribution in [0.2, 0.25) is 0 Å². The van der Waals surface area contributed by atoms with Crippen LogP contribution in [0.15, 0.2) is 0 Å². The van der Waals surface area contributed by atoms with E-state index in [1.54, 1.807) is 0 Å². The first-order valence-electron chi connectivity index (χ1n) is 2.42. The Kier molecular flexibility index (Phi) is 3.32. The van der Waals surface area contributed by atoms with Crippen molar-refractivity contribution in [1.82, 2.24) is 0 Å². The number of hydrogen-bond donors (Lipinski definition) is 2. The zero-order chi connectivity index (χ0) is 5.98. The van der Waals surface area contributed by atoms with E-state index in [1.165, 1.54) is 12.2 Å². The Labute approximate surface area is 69.4 Å². The van der Waals surface area contributed by atoms with Gasteiger partial charge in [-0.15, -0.1) is 23.5 Å². The molecule has 0 spiro atoms. The molecule has 1 aliphatic rings. The monoisotopic (exact) mass is 184 g/mol. The lowest BCUT2D eigenvalue weighted by Gasteiger charge is -2.20. The summed E-state index contributed by atoms with van der Waals surface area (Å²) in [6, 6.07) is 0. The molecule has 0 bridgehead atoms. The smallest absolute Gasteiger partial charge is 0.0938 e. The Morgan fingerprint density at radius 2 is 2.12 bits per heavy atom. The van der Waals surface area contributed by atoms with Gasteiger partial charge in [0.15, 0.2) is 0 Å². The second kappa shape index (κ2) is 3.54. The second-order valence-electron chi connectivity index (χ2n) is 1.56. The summed E-state index contributed by atoms with van der Waals surface area (Å²) in [5, 5.41) is 0. The predicted octanol–water partition coefficient (Wildman–Crippen LogP) is 2.33. The number of thiol groups is 2. The van der Waals surface area contributed by atoms with Gasteiger partial charge in [0.05, 0.1) is 3.91 Å². The predicted molar refractivity (Wildman–Crippen MR) is 50.2 cm³/mol. The highest BCUT2D eigenvalue weighted by molar-refractivity contribution is 8.30. The van der Waals surface area contributed by atoms with E-state index in [1.807, 2.05) is 23.5 Å². The summed E-state index contributed by atoms with van der Waals surface area (Å²) in [4.78, 5) is 0. The molecule has 0 aromatic carbocycles. The van der Waals surface area contributed by atoms with E-state index in [9.17, 15) is 0 Å². The molecule has 48 valence electrons. The van der Waals surface area contributed by atoms with Crippen LogP contribution < -0.4 is 0 Å². The van der Waals surface area contributed by atoms with Crippen LogP contribution in [-0.4, -0.2) is 14.2 Å². The molecular formula is C4H8S4. The van der Waals surface area contributed by atoms with Gasteiger partial charge >= 0.3 is 0 Å². The van der Waals surface area contributed by atoms with E-state index >= 15 is 0 Å². The largest absolute Gasteiger partial charge is 0.165 e. The topological polar surface area (TPSA) is 0 Å². The molecular weight excluding hydrogens is 176 g/mol. The van der Waals surface area contributed by atoms with E-state index in [0.717, 1.165) is 0 Å². The summed E-state index contributed by atoms with van der Waals surface area (Å²) >= 11 is 12.4. The van der Waals surface area contributed by atoms with Gasteiger partial charge in [-0.3, -0.25) is 0 Å². The molecule has 4 heteroatoms. The highest BCUT2D eigenvalue weighted by Gasteiger charge is 2.16. The van der Waals surface area contributed by atoms with Gasteiger partial charge in [-0.2, -0.15) is 25.3 Å². The van der Waals surface area contributed by atoms with Crippen LogP contribution in [0.5, 0.6) is 0 Å². The van der Waals surface area contributed by atoms with E-state index < -0.39 is 0 Å². The third-order valence-electron chi connectivity index (χ3n) is 0.899. The fourth-order valence-corrected chi connectivity index (χ4v) is 4.72. The van der Waals surface area contributed by atoms with Crippen LogP contribution in [0, 0.1) is 0 Å². The first-order valence-corrected chi connectivity index (χ1v) is 5.44. The molecule has 0 amide bonds. The normalized spacial score (nSPS) is 39.8. The highest BCUT2D eigenvalue weighted by atomic mass is 32.3. The van der Waals surface area contributed by atoms with Gasteiger partial charge in [0, 0.05) is 4.58 Å². The molecule has 1 saturated heterocycles. The minimum absolute atomic E-state index is 0.464.